The van der Waals surface area contributed by atoms with Gasteiger partial charge in [-0.15, -0.1) is 0 Å². The number of rotatable bonds is 2. The van der Waals surface area contributed by atoms with E-state index in [9.17, 15) is 0 Å². The normalized spacial score (nSPS) is 18.5. The minimum absolute atomic E-state index is 0.403. The van der Waals surface area contributed by atoms with Crippen LogP contribution in [0.3, 0.4) is 0 Å². The Bertz CT molecular complexity index is 832. The maximum atomic E-state index is 4.49. The van der Waals surface area contributed by atoms with Crippen LogP contribution >= 0.6 is 0 Å². The molecule has 1 fully saturated rings. The molecule has 4 heterocycles. The summed E-state index contributed by atoms with van der Waals surface area (Å²) in [7, 11) is 0. The predicted molar refractivity (Wildman–Crippen MR) is 83.1 cm³/mol. The molecule has 0 aromatic carbocycles. The van der Waals surface area contributed by atoms with E-state index in [0.717, 1.165) is 36.6 Å². The lowest BCUT2D eigenvalue weighted by Crippen LogP contribution is -2.25. The zero-order valence-corrected chi connectivity index (χ0v) is 13.1. The molecule has 0 amide bonds. The van der Waals surface area contributed by atoms with Gasteiger partial charge in [0.25, 0.3) is 5.78 Å². The average molecular weight is 297 g/mol. The lowest BCUT2D eigenvalue weighted by Gasteiger charge is -2.22. The molecule has 0 bridgehead atoms. The standard InChI is InChI=1S/C15H19N7/c1-10-6-17-21(7-10)13-4-5-20(8-13)14-11(2)12(3)19-15-16-9-18-22(14)15/h6-7,9,13H,4-5,8H2,1-3H3. The van der Waals surface area contributed by atoms with Gasteiger partial charge < -0.3 is 4.90 Å². The van der Waals surface area contributed by atoms with Crippen LogP contribution in [0.1, 0.15) is 29.3 Å². The van der Waals surface area contributed by atoms with Gasteiger partial charge in [0.15, 0.2) is 0 Å². The molecule has 4 rings (SSSR count). The summed E-state index contributed by atoms with van der Waals surface area (Å²) >= 11 is 0. The van der Waals surface area contributed by atoms with Crippen LogP contribution in [-0.2, 0) is 0 Å². The lowest BCUT2D eigenvalue weighted by atomic mass is 10.2. The molecule has 3 aromatic rings. The summed E-state index contributed by atoms with van der Waals surface area (Å²) in [6.45, 7) is 8.12. The summed E-state index contributed by atoms with van der Waals surface area (Å²) in [5, 5.41) is 8.81. The van der Waals surface area contributed by atoms with E-state index in [1.807, 2.05) is 17.6 Å². The third kappa shape index (κ3) is 1.96. The molecule has 1 saturated heterocycles. The quantitative estimate of drug-likeness (QED) is 0.720. The molecule has 0 N–H and O–H groups in total. The molecule has 0 spiro atoms. The third-order valence-corrected chi connectivity index (χ3v) is 4.44. The SMILES string of the molecule is Cc1cnn(C2CCN(c3c(C)c(C)nc4ncnn34)C2)c1. The van der Waals surface area contributed by atoms with Crippen molar-refractivity contribution in [3.8, 4) is 0 Å². The Morgan fingerprint density at radius 1 is 1.18 bits per heavy atom. The Morgan fingerprint density at radius 3 is 2.82 bits per heavy atom. The highest BCUT2D eigenvalue weighted by molar-refractivity contribution is 5.54. The maximum Gasteiger partial charge on any atom is 0.254 e. The number of aromatic nitrogens is 6. The average Bonchev–Trinajstić information content (AvgIpc) is 3.20. The van der Waals surface area contributed by atoms with Gasteiger partial charge in [-0.1, -0.05) is 0 Å². The van der Waals surface area contributed by atoms with E-state index < -0.39 is 0 Å². The van der Waals surface area contributed by atoms with Gasteiger partial charge in [-0.05, 0) is 32.8 Å². The number of hydrogen-bond acceptors (Lipinski definition) is 5. The molecular weight excluding hydrogens is 278 g/mol. The van der Waals surface area contributed by atoms with Gasteiger partial charge in [0.1, 0.15) is 12.1 Å². The molecule has 7 heteroatoms. The van der Waals surface area contributed by atoms with Gasteiger partial charge in [-0.2, -0.15) is 19.7 Å². The first-order valence-electron chi connectivity index (χ1n) is 7.56. The Balaban J connectivity index is 1.71. The van der Waals surface area contributed by atoms with Crippen molar-refractivity contribution in [3.05, 3.63) is 35.5 Å². The van der Waals surface area contributed by atoms with E-state index in [-0.39, 0.29) is 0 Å². The van der Waals surface area contributed by atoms with Crippen LogP contribution in [-0.4, -0.2) is 42.5 Å². The number of nitrogens with zero attached hydrogens (tertiary/aromatic N) is 7. The van der Waals surface area contributed by atoms with Gasteiger partial charge in [-0.3, -0.25) is 4.68 Å². The second kappa shape index (κ2) is 4.79. The third-order valence-electron chi connectivity index (χ3n) is 4.44. The molecule has 0 aliphatic carbocycles. The fourth-order valence-electron chi connectivity index (χ4n) is 3.17. The molecule has 0 radical (unpaired) electrons. The van der Waals surface area contributed by atoms with Crippen LogP contribution in [0.2, 0.25) is 0 Å². The molecule has 7 nitrogen and oxygen atoms in total. The van der Waals surface area contributed by atoms with Gasteiger partial charge in [0.05, 0.1) is 12.2 Å². The minimum Gasteiger partial charge on any atom is -0.354 e. The van der Waals surface area contributed by atoms with Gasteiger partial charge >= 0.3 is 0 Å². The van der Waals surface area contributed by atoms with Crippen molar-refractivity contribution in [3.63, 3.8) is 0 Å². The molecule has 1 aliphatic rings. The highest BCUT2D eigenvalue weighted by Crippen LogP contribution is 2.29. The fraction of sp³-hybridized carbons (Fsp3) is 0.467. The number of aryl methyl sites for hydroxylation is 2. The van der Waals surface area contributed by atoms with E-state index in [2.05, 4.69) is 49.8 Å². The van der Waals surface area contributed by atoms with Gasteiger partial charge in [-0.25, -0.2) is 4.98 Å². The molecule has 1 atom stereocenters. The van der Waals surface area contributed by atoms with Crippen LogP contribution in [0, 0.1) is 20.8 Å². The summed E-state index contributed by atoms with van der Waals surface area (Å²) in [6.07, 6.45) is 6.68. The topological polar surface area (TPSA) is 64.1 Å². The monoisotopic (exact) mass is 297 g/mol. The molecule has 3 aromatic heterocycles. The lowest BCUT2D eigenvalue weighted by molar-refractivity contribution is 0.494. The van der Waals surface area contributed by atoms with Crippen molar-refractivity contribution in [2.75, 3.05) is 18.0 Å². The summed E-state index contributed by atoms with van der Waals surface area (Å²) in [5.41, 5.74) is 3.37. The molecule has 1 unspecified atom stereocenters. The Labute approximate surface area is 128 Å². The zero-order chi connectivity index (χ0) is 15.3. The first kappa shape index (κ1) is 13.2. The number of anilines is 1. The van der Waals surface area contributed by atoms with Gasteiger partial charge in [0, 0.05) is 30.5 Å². The summed E-state index contributed by atoms with van der Waals surface area (Å²) in [4.78, 5) is 11.1. The van der Waals surface area contributed by atoms with E-state index in [1.165, 1.54) is 5.56 Å². The first-order chi connectivity index (χ1) is 10.6. The maximum absolute atomic E-state index is 4.49. The van der Waals surface area contributed by atoms with Crippen LogP contribution in [0.5, 0.6) is 0 Å². The molecule has 22 heavy (non-hydrogen) atoms. The van der Waals surface area contributed by atoms with Crippen LogP contribution in [0.4, 0.5) is 5.82 Å². The smallest absolute Gasteiger partial charge is 0.254 e. The molecule has 0 saturated carbocycles. The fourth-order valence-corrected chi connectivity index (χ4v) is 3.17. The zero-order valence-electron chi connectivity index (χ0n) is 13.1. The summed E-state index contributed by atoms with van der Waals surface area (Å²) < 4.78 is 3.93. The molecule has 114 valence electrons. The molecule has 1 aliphatic heterocycles. The van der Waals surface area contributed by atoms with Crippen LogP contribution in [0.15, 0.2) is 18.7 Å². The predicted octanol–water partition coefficient (Wildman–Crippen LogP) is 1.70. The summed E-state index contributed by atoms with van der Waals surface area (Å²) in [5.74, 6) is 1.77. The number of fused-ring (bicyclic) bond motifs is 1. The van der Waals surface area contributed by atoms with Crippen LogP contribution in [0.25, 0.3) is 5.78 Å². The van der Waals surface area contributed by atoms with Gasteiger partial charge in [0.2, 0.25) is 0 Å². The Morgan fingerprint density at radius 2 is 2.05 bits per heavy atom. The molecular formula is C15H19N7. The minimum atomic E-state index is 0.403. The van der Waals surface area contributed by atoms with Crippen molar-refractivity contribution in [1.29, 1.82) is 0 Å². The van der Waals surface area contributed by atoms with E-state index in [0.29, 0.717) is 11.8 Å². The van der Waals surface area contributed by atoms with Crippen molar-refractivity contribution in [2.45, 2.75) is 33.2 Å². The first-order valence-corrected chi connectivity index (χ1v) is 7.56. The van der Waals surface area contributed by atoms with Crippen molar-refractivity contribution in [2.24, 2.45) is 0 Å². The van der Waals surface area contributed by atoms with Crippen LogP contribution < -0.4 is 4.90 Å². The van der Waals surface area contributed by atoms with Crippen molar-refractivity contribution in [1.82, 2.24) is 29.4 Å². The summed E-state index contributed by atoms with van der Waals surface area (Å²) in [6, 6.07) is 0.403. The van der Waals surface area contributed by atoms with E-state index >= 15 is 0 Å². The highest BCUT2D eigenvalue weighted by Gasteiger charge is 2.28. The Hall–Kier alpha value is -2.44. The largest absolute Gasteiger partial charge is 0.354 e. The van der Waals surface area contributed by atoms with E-state index in [4.69, 9.17) is 0 Å². The second-order valence-electron chi connectivity index (χ2n) is 6.00. The van der Waals surface area contributed by atoms with Crippen molar-refractivity contribution >= 4 is 11.6 Å². The highest BCUT2D eigenvalue weighted by atomic mass is 15.4. The number of hydrogen-bond donors (Lipinski definition) is 0. The second-order valence-corrected chi connectivity index (χ2v) is 6.00. The van der Waals surface area contributed by atoms with Crippen molar-refractivity contribution < 1.29 is 0 Å². The van der Waals surface area contributed by atoms with E-state index in [1.54, 1.807) is 6.33 Å². The Kier molecular flexibility index (Phi) is 2.88.